The second-order valence-corrected chi connectivity index (χ2v) is 4.98. The first kappa shape index (κ1) is 9.71. The van der Waals surface area contributed by atoms with E-state index in [9.17, 15) is 4.79 Å². The summed E-state index contributed by atoms with van der Waals surface area (Å²) in [5, 5.41) is 1.98. The molecule has 0 saturated heterocycles. The molecule has 0 unspecified atom stereocenters. The van der Waals surface area contributed by atoms with Crippen LogP contribution in [0.3, 0.4) is 0 Å². The number of rotatable bonds is 3. The number of nitrogens with zero attached hydrogens (tertiary/aromatic N) is 1. The van der Waals surface area contributed by atoms with Gasteiger partial charge in [-0.2, -0.15) is 0 Å². The highest BCUT2D eigenvalue weighted by molar-refractivity contribution is 7.12. The largest absolute Gasteiger partial charge is 0.341 e. The standard InChI is InChI=1S/C11H15NOS/c1-8-5-6-14-10(8)11(13)12(2)7-9-3-4-9/h5-6,9H,3-4,7H2,1-2H3. The van der Waals surface area contributed by atoms with Gasteiger partial charge in [0.2, 0.25) is 0 Å². The Morgan fingerprint density at radius 3 is 2.86 bits per heavy atom. The Balaban J connectivity index is 2.03. The molecule has 2 rings (SSSR count). The molecule has 0 radical (unpaired) electrons. The average Bonchev–Trinajstić information content (AvgIpc) is 2.86. The molecule has 3 heteroatoms. The van der Waals surface area contributed by atoms with Gasteiger partial charge in [0.15, 0.2) is 0 Å². The van der Waals surface area contributed by atoms with Gasteiger partial charge in [-0.05, 0) is 42.7 Å². The molecule has 1 aromatic rings. The molecule has 1 fully saturated rings. The molecule has 0 N–H and O–H groups in total. The van der Waals surface area contributed by atoms with Crippen LogP contribution in [-0.4, -0.2) is 24.4 Å². The molecule has 76 valence electrons. The van der Waals surface area contributed by atoms with Crippen LogP contribution in [0, 0.1) is 12.8 Å². The third kappa shape index (κ3) is 1.98. The molecule has 14 heavy (non-hydrogen) atoms. The molecule has 0 aromatic carbocycles. The van der Waals surface area contributed by atoms with Crippen molar-refractivity contribution in [1.29, 1.82) is 0 Å². The quantitative estimate of drug-likeness (QED) is 0.749. The van der Waals surface area contributed by atoms with Crippen molar-refractivity contribution in [2.75, 3.05) is 13.6 Å². The van der Waals surface area contributed by atoms with E-state index in [2.05, 4.69) is 0 Å². The fraction of sp³-hybridized carbons (Fsp3) is 0.545. The maximum Gasteiger partial charge on any atom is 0.263 e. The fourth-order valence-electron chi connectivity index (χ4n) is 1.54. The molecular weight excluding hydrogens is 194 g/mol. The smallest absolute Gasteiger partial charge is 0.263 e. The molecule has 2 nitrogen and oxygen atoms in total. The molecule has 0 bridgehead atoms. The lowest BCUT2D eigenvalue weighted by Crippen LogP contribution is -2.28. The molecular formula is C11H15NOS. The highest BCUT2D eigenvalue weighted by Crippen LogP contribution is 2.30. The highest BCUT2D eigenvalue weighted by atomic mass is 32.1. The van der Waals surface area contributed by atoms with Crippen molar-refractivity contribution in [2.24, 2.45) is 5.92 Å². The van der Waals surface area contributed by atoms with E-state index in [1.165, 1.54) is 12.8 Å². The lowest BCUT2D eigenvalue weighted by atomic mass is 10.2. The first-order valence-electron chi connectivity index (χ1n) is 4.98. The lowest BCUT2D eigenvalue weighted by Gasteiger charge is -2.16. The van der Waals surface area contributed by atoms with Crippen molar-refractivity contribution in [2.45, 2.75) is 19.8 Å². The van der Waals surface area contributed by atoms with Gasteiger partial charge in [-0.1, -0.05) is 0 Å². The van der Waals surface area contributed by atoms with Gasteiger partial charge in [-0.15, -0.1) is 11.3 Å². The molecule has 1 saturated carbocycles. The maximum atomic E-state index is 11.9. The SMILES string of the molecule is Cc1ccsc1C(=O)N(C)CC1CC1. The summed E-state index contributed by atoms with van der Waals surface area (Å²) in [5.41, 5.74) is 1.10. The second kappa shape index (κ2) is 3.73. The average molecular weight is 209 g/mol. The Morgan fingerprint density at radius 1 is 1.64 bits per heavy atom. The molecule has 0 spiro atoms. The van der Waals surface area contributed by atoms with Gasteiger partial charge >= 0.3 is 0 Å². The van der Waals surface area contributed by atoms with Crippen LogP contribution < -0.4 is 0 Å². The minimum absolute atomic E-state index is 0.185. The number of carbonyl (C=O) groups is 1. The molecule has 1 heterocycles. The van der Waals surface area contributed by atoms with Crippen molar-refractivity contribution >= 4 is 17.2 Å². The van der Waals surface area contributed by atoms with E-state index in [-0.39, 0.29) is 5.91 Å². The van der Waals surface area contributed by atoms with Crippen molar-refractivity contribution < 1.29 is 4.79 Å². The highest BCUT2D eigenvalue weighted by Gasteiger charge is 2.25. The Kier molecular flexibility index (Phi) is 2.59. The van der Waals surface area contributed by atoms with Gasteiger partial charge < -0.3 is 4.90 Å². The first-order chi connectivity index (χ1) is 6.68. The van der Waals surface area contributed by atoms with Gasteiger partial charge in [0.1, 0.15) is 0 Å². The number of hydrogen-bond acceptors (Lipinski definition) is 2. The van der Waals surface area contributed by atoms with Gasteiger partial charge in [0.25, 0.3) is 5.91 Å². The van der Waals surface area contributed by atoms with E-state index in [1.54, 1.807) is 11.3 Å². The zero-order valence-electron chi connectivity index (χ0n) is 8.62. The van der Waals surface area contributed by atoms with E-state index in [4.69, 9.17) is 0 Å². The number of amides is 1. The maximum absolute atomic E-state index is 11.9. The second-order valence-electron chi connectivity index (χ2n) is 4.06. The Morgan fingerprint density at radius 2 is 2.36 bits per heavy atom. The summed E-state index contributed by atoms with van der Waals surface area (Å²) in [6.07, 6.45) is 2.59. The van der Waals surface area contributed by atoms with Crippen LogP contribution in [0.25, 0.3) is 0 Å². The normalized spacial score (nSPS) is 15.6. The van der Waals surface area contributed by atoms with Crippen molar-refractivity contribution in [3.8, 4) is 0 Å². The first-order valence-corrected chi connectivity index (χ1v) is 5.86. The van der Waals surface area contributed by atoms with Crippen LogP contribution in [0.5, 0.6) is 0 Å². The van der Waals surface area contributed by atoms with Crippen molar-refractivity contribution in [3.05, 3.63) is 21.9 Å². The van der Waals surface area contributed by atoms with Crippen molar-refractivity contribution in [3.63, 3.8) is 0 Å². The summed E-state index contributed by atoms with van der Waals surface area (Å²) in [6.45, 7) is 2.92. The lowest BCUT2D eigenvalue weighted by molar-refractivity contribution is 0.0793. The third-order valence-corrected chi connectivity index (χ3v) is 3.64. The minimum Gasteiger partial charge on any atom is -0.341 e. The number of carbonyl (C=O) groups excluding carboxylic acids is 1. The van der Waals surface area contributed by atoms with E-state index < -0.39 is 0 Å². The van der Waals surface area contributed by atoms with Crippen LogP contribution in [0.1, 0.15) is 28.1 Å². The van der Waals surface area contributed by atoms with E-state index in [0.29, 0.717) is 0 Å². The summed E-state index contributed by atoms with van der Waals surface area (Å²) in [5.74, 6) is 0.952. The van der Waals surface area contributed by atoms with Gasteiger partial charge in [-0.25, -0.2) is 0 Å². The zero-order chi connectivity index (χ0) is 10.1. The molecule has 0 aliphatic heterocycles. The van der Waals surface area contributed by atoms with Crippen molar-refractivity contribution in [1.82, 2.24) is 4.90 Å². The summed E-state index contributed by atoms with van der Waals surface area (Å²) < 4.78 is 0. The summed E-state index contributed by atoms with van der Waals surface area (Å²) >= 11 is 1.54. The Bertz CT molecular complexity index is 341. The molecule has 1 amide bonds. The molecule has 1 aliphatic rings. The molecule has 1 aliphatic carbocycles. The fourth-order valence-corrected chi connectivity index (χ4v) is 2.45. The van der Waals surface area contributed by atoms with E-state index in [0.717, 1.165) is 22.9 Å². The van der Waals surface area contributed by atoms with E-state index >= 15 is 0 Å². The minimum atomic E-state index is 0.185. The van der Waals surface area contributed by atoms with Crippen LogP contribution in [0.4, 0.5) is 0 Å². The summed E-state index contributed by atoms with van der Waals surface area (Å²) in [7, 11) is 1.90. The van der Waals surface area contributed by atoms with Crippen LogP contribution in [0.2, 0.25) is 0 Å². The predicted octanol–water partition coefficient (Wildman–Crippen LogP) is 2.54. The molecule has 0 atom stereocenters. The number of thiophene rings is 1. The zero-order valence-corrected chi connectivity index (χ0v) is 9.43. The van der Waals surface area contributed by atoms with Crippen LogP contribution in [-0.2, 0) is 0 Å². The van der Waals surface area contributed by atoms with Crippen LogP contribution >= 0.6 is 11.3 Å². The summed E-state index contributed by atoms with van der Waals surface area (Å²) in [4.78, 5) is 14.7. The predicted molar refractivity (Wildman–Crippen MR) is 58.7 cm³/mol. The van der Waals surface area contributed by atoms with Crippen LogP contribution in [0.15, 0.2) is 11.4 Å². The number of aryl methyl sites for hydroxylation is 1. The Hall–Kier alpha value is -0.830. The topological polar surface area (TPSA) is 20.3 Å². The number of hydrogen-bond donors (Lipinski definition) is 0. The van der Waals surface area contributed by atoms with Gasteiger partial charge in [0.05, 0.1) is 4.88 Å². The van der Waals surface area contributed by atoms with Gasteiger partial charge in [0, 0.05) is 13.6 Å². The Labute approximate surface area is 88.5 Å². The van der Waals surface area contributed by atoms with Gasteiger partial charge in [-0.3, -0.25) is 4.79 Å². The summed E-state index contributed by atoms with van der Waals surface area (Å²) in [6, 6.07) is 2.00. The third-order valence-electron chi connectivity index (χ3n) is 2.63. The van der Waals surface area contributed by atoms with E-state index in [1.807, 2.05) is 30.3 Å². The molecule has 1 aromatic heterocycles. The monoisotopic (exact) mass is 209 g/mol.